The van der Waals surface area contributed by atoms with E-state index in [1.807, 2.05) is 6.07 Å². The number of hydrogen-bond acceptors (Lipinski definition) is 3. The van der Waals surface area contributed by atoms with Crippen molar-refractivity contribution in [3.8, 4) is 0 Å². The molecule has 1 fully saturated rings. The maximum atomic E-state index is 13.8. The summed E-state index contributed by atoms with van der Waals surface area (Å²) in [6.07, 6.45) is 3.91. The third kappa shape index (κ3) is 7.83. The summed E-state index contributed by atoms with van der Waals surface area (Å²) in [4.78, 5) is 7.24. The third-order valence-electron chi connectivity index (χ3n) is 5.07. The van der Waals surface area contributed by atoms with Crippen molar-refractivity contribution in [3.05, 3.63) is 35.1 Å². The topological polar surface area (TPSA) is 48.9 Å². The van der Waals surface area contributed by atoms with Gasteiger partial charge in [-0.3, -0.25) is 4.90 Å². The van der Waals surface area contributed by atoms with E-state index in [2.05, 4.69) is 41.3 Å². The van der Waals surface area contributed by atoms with Gasteiger partial charge in [0, 0.05) is 31.3 Å². The zero-order chi connectivity index (χ0) is 19.7. The molecule has 28 heavy (non-hydrogen) atoms. The highest BCUT2D eigenvalue weighted by Crippen LogP contribution is 2.19. The molecule has 1 aliphatic heterocycles. The number of nitrogens with zero attached hydrogens (tertiary/aromatic N) is 2. The molecular weight excluding hydrogens is 470 g/mol. The van der Waals surface area contributed by atoms with Crippen LogP contribution in [-0.2, 0) is 17.9 Å². The Bertz CT molecular complexity index is 618. The highest BCUT2D eigenvalue weighted by atomic mass is 127. The van der Waals surface area contributed by atoms with Gasteiger partial charge in [-0.25, -0.2) is 9.38 Å². The van der Waals surface area contributed by atoms with Gasteiger partial charge in [-0.1, -0.05) is 12.5 Å². The monoisotopic (exact) mass is 506 g/mol. The van der Waals surface area contributed by atoms with Crippen molar-refractivity contribution in [2.24, 2.45) is 4.99 Å². The number of methoxy groups -OCH3 is 1. The first kappa shape index (κ1) is 25.1. The van der Waals surface area contributed by atoms with Crippen molar-refractivity contribution in [2.45, 2.75) is 58.7 Å². The lowest BCUT2D eigenvalue weighted by Crippen LogP contribution is -2.54. The normalized spacial score (nSPS) is 15.8. The molecule has 1 saturated heterocycles. The second-order valence-corrected chi connectivity index (χ2v) is 7.77. The third-order valence-corrected chi connectivity index (χ3v) is 5.07. The van der Waals surface area contributed by atoms with Crippen LogP contribution in [0.5, 0.6) is 0 Å². The predicted octanol–water partition coefficient (Wildman–Crippen LogP) is 3.91. The van der Waals surface area contributed by atoms with Crippen molar-refractivity contribution in [2.75, 3.05) is 33.3 Å². The Labute approximate surface area is 186 Å². The number of likely N-dealkylation sites (tertiary alicyclic amines) is 1. The van der Waals surface area contributed by atoms with E-state index in [1.165, 1.54) is 38.4 Å². The fourth-order valence-corrected chi connectivity index (χ4v) is 3.42. The summed E-state index contributed by atoms with van der Waals surface area (Å²) in [7, 11) is 1.57. The van der Waals surface area contributed by atoms with Gasteiger partial charge in [0.1, 0.15) is 5.82 Å². The van der Waals surface area contributed by atoms with E-state index in [9.17, 15) is 4.39 Å². The second kappa shape index (κ2) is 12.6. The predicted molar refractivity (Wildman–Crippen MR) is 125 cm³/mol. The minimum atomic E-state index is -0.238. The highest BCUT2D eigenvalue weighted by Gasteiger charge is 2.27. The molecule has 2 rings (SSSR count). The van der Waals surface area contributed by atoms with E-state index in [0.717, 1.165) is 24.6 Å². The van der Waals surface area contributed by atoms with Gasteiger partial charge >= 0.3 is 0 Å². The number of rotatable bonds is 8. The first-order valence-corrected chi connectivity index (χ1v) is 9.99. The van der Waals surface area contributed by atoms with Crippen molar-refractivity contribution >= 4 is 29.9 Å². The molecule has 2 N–H and O–H groups in total. The van der Waals surface area contributed by atoms with Crippen molar-refractivity contribution in [3.63, 3.8) is 0 Å². The molecule has 0 spiro atoms. The Morgan fingerprint density at radius 3 is 2.57 bits per heavy atom. The van der Waals surface area contributed by atoms with Gasteiger partial charge in [0.15, 0.2) is 5.96 Å². The van der Waals surface area contributed by atoms with Gasteiger partial charge in [-0.2, -0.15) is 0 Å². The van der Waals surface area contributed by atoms with Crippen LogP contribution in [0.2, 0.25) is 0 Å². The van der Waals surface area contributed by atoms with Gasteiger partial charge in [-0.15, -0.1) is 24.0 Å². The molecule has 1 aromatic carbocycles. The van der Waals surface area contributed by atoms with Gasteiger partial charge in [0.05, 0.1) is 13.2 Å². The van der Waals surface area contributed by atoms with Gasteiger partial charge < -0.3 is 15.4 Å². The van der Waals surface area contributed by atoms with Crippen LogP contribution in [0.25, 0.3) is 0 Å². The summed E-state index contributed by atoms with van der Waals surface area (Å²) in [5, 5.41) is 6.78. The number of aliphatic imine (C=N–C) groups is 1. The standard InChI is InChI=1S/C21H35FN4O.HI/c1-5-23-20(25-16-21(2,3)26-11-7-6-8-12-26)24-14-17-9-10-19(22)18(13-17)15-27-4;/h9-10,13H,5-8,11-12,14-16H2,1-4H3,(H2,23,24,25);1H. The minimum absolute atomic E-state index is 0. The zero-order valence-electron chi connectivity index (χ0n) is 17.7. The van der Waals surface area contributed by atoms with Crippen LogP contribution in [0.4, 0.5) is 4.39 Å². The quantitative estimate of drug-likeness (QED) is 0.319. The maximum Gasteiger partial charge on any atom is 0.191 e. The first-order chi connectivity index (χ1) is 13.0. The number of halogens is 2. The fourth-order valence-electron chi connectivity index (χ4n) is 3.42. The molecule has 1 aromatic rings. The van der Waals surface area contributed by atoms with E-state index >= 15 is 0 Å². The molecule has 5 nitrogen and oxygen atoms in total. The van der Waals surface area contributed by atoms with Crippen LogP contribution in [0.1, 0.15) is 51.2 Å². The van der Waals surface area contributed by atoms with E-state index in [1.54, 1.807) is 13.2 Å². The van der Waals surface area contributed by atoms with Crippen LogP contribution in [0, 0.1) is 5.82 Å². The molecule has 0 saturated carbocycles. The number of ether oxygens (including phenoxy) is 1. The molecular formula is C21H36FIN4O. The van der Waals surface area contributed by atoms with E-state index in [4.69, 9.17) is 4.74 Å². The Kier molecular flexibility index (Phi) is 11.3. The smallest absolute Gasteiger partial charge is 0.191 e. The lowest BCUT2D eigenvalue weighted by atomic mass is 9.98. The Morgan fingerprint density at radius 1 is 1.21 bits per heavy atom. The summed E-state index contributed by atoms with van der Waals surface area (Å²) in [5.41, 5.74) is 1.61. The molecule has 7 heteroatoms. The van der Waals surface area contributed by atoms with E-state index in [0.29, 0.717) is 12.1 Å². The molecule has 0 unspecified atom stereocenters. The number of hydrogen-bond donors (Lipinski definition) is 2. The van der Waals surface area contributed by atoms with Gasteiger partial charge in [-0.05, 0) is 64.4 Å². The molecule has 0 bridgehead atoms. The molecule has 0 aromatic heterocycles. The Hall–Kier alpha value is -0.930. The van der Waals surface area contributed by atoms with Crippen LogP contribution in [0.3, 0.4) is 0 Å². The summed E-state index contributed by atoms with van der Waals surface area (Å²) in [6.45, 7) is 11.4. The molecule has 1 aliphatic rings. The maximum absolute atomic E-state index is 13.8. The molecule has 160 valence electrons. The molecule has 0 atom stereocenters. The second-order valence-electron chi connectivity index (χ2n) is 7.77. The SMILES string of the molecule is CCNC(=NCc1ccc(F)c(COC)c1)NCC(C)(C)N1CCCCC1.I. The van der Waals surface area contributed by atoms with Gasteiger partial charge in [0.25, 0.3) is 0 Å². The van der Waals surface area contributed by atoms with Crippen LogP contribution < -0.4 is 10.6 Å². The molecule has 0 aliphatic carbocycles. The summed E-state index contributed by atoms with van der Waals surface area (Å²) >= 11 is 0. The Morgan fingerprint density at radius 2 is 1.93 bits per heavy atom. The number of guanidine groups is 1. The van der Waals surface area contributed by atoms with Crippen molar-refractivity contribution in [1.82, 2.24) is 15.5 Å². The van der Waals surface area contributed by atoms with Crippen molar-refractivity contribution in [1.29, 1.82) is 0 Å². The summed E-state index contributed by atoms with van der Waals surface area (Å²) in [5.74, 6) is 0.554. The largest absolute Gasteiger partial charge is 0.380 e. The molecule has 0 radical (unpaired) electrons. The lowest BCUT2D eigenvalue weighted by molar-refractivity contribution is 0.0982. The van der Waals surface area contributed by atoms with Crippen LogP contribution in [0.15, 0.2) is 23.2 Å². The number of nitrogens with one attached hydrogen (secondary N) is 2. The van der Waals surface area contributed by atoms with Crippen LogP contribution in [-0.4, -0.2) is 49.7 Å². The Balaban J connectivity index is 0.00000392. The van der Waals surface area contributed by atoms with Crippen LogP contribution >= 0.6 is 24.0 Å². The van der Waals surface area contributed by atoms with Gasteiger partial charge in [0.2, 0.25) is 0 Å². The zero-order valence-corrected chi connectivity index (χ0v) is 20.0. The first-order valence-electron chi connectivity index (χ1n) is 9.99. The average molecular weight is 506 g/mol. The fraction of sp³-hybridized carbons (Fsp3) is 0.667. The van der Waals surface area contributed by atoms with E-state index < -0.39 is 0 Å². The molecule has 1 heterocycles. The minimum Gasteiger partial charge on any atom is -0.380 e. The lowest BCUT2D eigenvalue weighted by Gasteiger charge is -2.41. The average Bonchev–Trinajstić information content (AvgIpc) is 2.67. The highest BCUT2D eigenvalue weighted by molar-refractivity contribution is 14.0. The molecule has 0 amide bonds. The summed E-state index contributed by atoms with van der Waals surface area (Å²) in [6, 6.07) is 5.09. The number of benzene rings is 1. The van der Waals surface area contributed by atoms with Crippen molar-refractivity contribution < 1.29 is 9.13 Å². The van der Waals surface area contributed by atoms with E-state index in [-0.39, 0.29) is 41.9 Å². The summed E-state index contributed by atoms with van der Waals surface area (Å²) < 4.78 is 18.8. The number of piperidine rings is 1.